The van der Waals surface area contributed by atoms with E-state index < -0.39 is 5.97 Å². The number of hydrogen-bond donors (Lipinski definition) is 0. The number of ether oxygens (including phenoxy) is 1. The topological polar surface area (TPSA) is 87.5 Å². The molecule has 0 N–H and O–H groups in total. The fraction of sp³-hybridized carbons (Fsp3) is 0.333. The number of esters is 1. The third-order valence-corrected chi connectivity index (χ3v) is 5.00. The summed E-state index contributed by atoms with van der Waals surface area (Å²) in [6, 6.07) is 8.00. The van der Waals surface area contributed by atoms with Crippen molar-refractivity contribution in [1.82, 2.24) is 4.90 Å². The van der Waals surface area contributed by atoms with Crippen molar-refractivity contribution in [2.75, 3.05) is 19.7 Å². The molecule has 0 radical (unpaired) electrons. The molecule has 6 heteroatoms. The molecular weight excluding hydrogens is 344 g/mol. The third-order valence-electron chi connectivity index (χ3n) is 5.00. The predicted molar refractivity (Wildman–Crippen MR) is 97.7 cm³/mol. The molecule has 0 atom stereocenters. The Morgan fingerprint density at radius 1 is 1.07 bits per heavy atom. The number of likely N-dealkylation sites (tertiary alicyclic amines) is 1. The quantitative estimate of drug-likeness (QED) is 0.603. The van der Waals surface area contributed by atoms with Crippen LogP contribution in [0, 0.1) is 11.3 Å². The lowest BCUT2D eigenvalue weighted by atomic mass is 9.88. The van der Waals surface area contributed by atoms with Crippen LogP contribution in [0.2, 0.25) is 0 Å². The molecule has 1 saturated heterocycles. The van der Waals surface area contributed by atoms with Crippen LogP contribution in [0.3, 0.4) is 0 Å². The molecule has 3 rings (SSSR count). The molecule has 6 nitrogen and oxygen atoms in total. The van der Waals surface area contributed by atoms with Gasteiger partial charge < -0.3 is 9.64 Å². The fourth-order valence-corrected chi connectivity index (χ4v) is 3.39. The number of nitrogens with zero attached hydrogens (tertiary/aromatic N) is 2. The van der Waals surface area contributed by atoms with Crippen molar-refractivity contribution < 1.29 is 19.1 Å². The minimum absolute atomic E-state index is 0.168. The molecule has 0 unspecified atom stereocenters. The number of allylic oxidation sites excluding steroid dienone is 2. The Morgan fingerprint density at radius 2 is 1.70 bits per heavy atom. The Morgan fingerprint density at radius 3 is 2.30 bits per heavy atom. The van der Waals surface area contributed by atoms with E-state index in [4.69, 9.17) is 10.00 Å². The molecule has 138 valence electrons. The van der Waals surface area contributed by atoms with Crippen LogP contribution in [0.5, 0.6) is 0 Å². The van der Waals surface area contributed by atoms with Crippen molar-refractivity contribution in [1.29, 1.82) is 5.26 Å². The molecule has 2 aliphatic rings. The summed E-state index contributed by atoms with van der Waals surface area (Å²) in [5.41, 5.74) is 2.18. The highest BCUT2D eigenvalue weighted by Crippen LogP contribution is 2.29. The molecule has 0 bridgehead atoms. The van der Waals surface area contributed by atoms with Gasteiger partial charge in [-0.15, -0.1) is 0 Å². The standard InChI is InChI=1S/C21H20N2O4/c1-13-17(12-27-21(26)16-7-5-15(11-22)6-8-16)19(24)14(2)18(20(13)25)23-9-3-4-10-23/h5-8H,3-4,9-10,12H2,1-2H3. The molecule has 0 spiro atoms. The molecule has 0 aromatic heterocycles. The number of ketones is 2. The van der Waals surface area contributed by atoms with Crippen molar-refractivity contribution in [3.05, 3.63) is 57.8 Å². The predicted octanol–water partition coefficient (Wildman–Crippen LogP) is 2.55. The SMILES string of the molecule is CC1=C(COC(=O)c2ccc(C#N)cc2)C(=O)C(C)=C(N2CCCC2)C1=O. The summed E-state index contributed by atoms with van der Waals surface area (Å²) in [7, 11) is 0. The first kappa shape index (κ1) is 18.6. The van der Waals surface area contributed by atoms with Crippen molar-refractivity contribution in [2.45, 2.75) is 26.7 Å². The van der Waals surface area contributed by atoms with Crippen LogP contribution in [0.4, 0.5) is 0 Å². The lowest BCUT2D eigenvalue weighted by Gasteiger charge is -2.27. The first-order valence-corrected chi connectivity index (χ1v) is 8.86. The molecule has 1 aromatic carbocycles. The van der Waals surface area contributed by atoms with E-state index in [-0.39, 0.29) is 29.3 Å². The van der Waals surface area contributed by atoms with Crippen LogP contribution >= 0.6 is 0 Å². The van der Waals surface area contributed by atoms with Crippen molar-refractivity contribution >= 4 is 17.5 Å². The van der Waals surface area contributed by atoms with Crippen molar-refractivity contribution in [3.8, 4) is 6.07 Å². The van der Waals surface area contributed by atoms with Crippen LogP contribution in [0.15, 0.2) is 46.7 Å². The highest BCUT2D eigenvalue weighted by molar-refractivity contribution is 6.24. The third kappa shape index (κ3) is 3.54. The summed E-state index contributed by atoms with van der Waals surface area (Å²) in [5.74, 6) is -1.02. The van der Waals surface area contributed by atoms with E-state index >= 15 is 0 Å². The molecule has 0 saturated carbocycles. The van der Waals surface area contributed by atoms with Gasteiger partial charge in [-0.3, -0.25) is 9.59 Å². The fourth-order valence-electron chi connectivity index (χ4n) is 3.39. The van der Waals surface area contributed by atoms with Crippen LogP contribution < -0.4 is 0 Å². The van der Waals surface area contributed by atoms with E-state index in [1.54, 1.807) is 13.8 Å². The Labute approximate surface area is 157 Å². The number of carbonyl (C=O) groups is 3. The Balaban J connectivity index is 1.75. The Bertz CT molecular complexity index is 910. The normalized spacial score (nSPS) is 17.4. The number of nitriles is 1. The van der Waals surface area contributed by atoms with E-state index in [0.717, 1.165) is 25.9 Å². The molecule has 1 aliphatic heterocycles. The summed E-state index contributed by atoms with van der Waals surface area (Å²) in [6.07, 6.45) is 2.02. The Hall–Kier alpha value is -3.20. The number of rotatable bonds is 4. The van der Waals surface area contributed by atoms with Gasteiger partial charge in [0.25, 0.3) is 0 Å². The minimum Gasteiger partial charge on any atom is -0.457 e. The molecule has 0 amide bonds. The zero-order valence-corrected chi connectivity index (χ0v) is 15.4. The molecule has 1 aromatic rings. The molecule has 1 heterocycles. The van der Waals surface area contributed by atoms with Gasteiger partial charge in [0.15, 0.2) is 5.78 Å². The first-order chi connectivity index (χ1) is 12.9. The number of Topliss-reactive ketones (excluding diaryl/α,β-unsaturated/α-hetero) is 2. The van der Waals surface area contributed by atoms with Gasteiger partial charge in [-0.25, -0.2) is 4.79 Å². The maximum atomic E-state index is 12.8. The van der Waals surface area contributed by atoms with Gasteiger partial charge in [-0.05, 0) is 51.0 Å². The smallest absolute Gasteiger partial charge is 0.338 e. The van der Waals surface area contributed by atoms with Gasteiger partial charge >= 0.3 is 5.97 Å². The summed E-state index contributed by atoms with van der Waals surface area (Å²) < 4.78 is 5.25. The van der Waals surface area contributed by atoms with Gasteiger partial charge in [0, 0.05) is 29.8 Å². The maximum Gasteiger partial charge on any atom is 0.338 e. The minimum atomic E-state index is -0.605. The van der Waals surface area contributed by atoms with Crippen LogP contribution in [-0.2, 0) is 14.3 Å². The van der Waals surface area contributed by atoms with E-state index in [0.29, 0.717) is 22.4 Å². The average molecular weight is 364 g/mol. The monoisotopic (exact) mass is 364 g/mol. The molecule has 1 fully saturated rings. The summed E-state index contributed by atoms with van der Waals surface area (Å²) in [4.78, 5) is 39.7. The summed E-state index contributed by atoms with van der Waals surface area (Å²) >= 11 is 0. The van der Waals surface area contributed by atoms with Gasteiger partial charge in [0.1, 0.15) is 6.61 Å². The van der Waals surface area contributed by atoms with Gasteiger partial charge in [0.2, 0.25) is 5.78 Å². The van der Waals surface area contributed by atoms with Gasteiger partial charge in [0.05, 0.1) is 22.9 Å². The van der Waals surface area contributed by atoms with Crippen LogP contribution in [0.25, 0.3) is 0 Å². The van der Waals surface area contributed by atoms with E-state index in [1.807, 2.05) is 11.0 Å². The van der Waals surface area contributed by atoms with E-state index in [2.05, 4.69) is 0 Å². The highest BCUT2D eigenvalue weighted by Gasteiger charge is 2.34. The van der Waals surface area contributed by atoms with Gasteiger partial charge in [-0.1, -0.05) is 0 Å². The number of hydrogen-bond acceptors (Lipinski definition) is 6. The number of carbonyl (C=O) groups excluding carboxylic acids is 3. The second-order valence-electron chi connectivity index (χ2n) is 6.69. The second kappa shape index (κ2) is 7.58. The summed E-state index contributed by atoms with van der Waals surface area (Å²) in [5, 5.41) is 8.80. The lowest BCUT2D eigenvalue weighted by Crippen LogP contribution is -2.33. The van der Waals surface area contributed by atoms with E-state index in [1.165, 1.54) is 24.3 Å². The van der Waals surface area contributed by atoms with Gasteiger partial charge in [-0.2, -0.15) is 5.26 Å². The molecule has 27 heavy (non-hydrogen) atoms. The van der Waals surface area contributed by atoms with Crippen molar-refractivity contribution in [2.24, 2.45) is 0 Å². The lowest BCUT2D eigenvalue weighted by molar-refractivity contribution is -0.117. The largest absolute Gasteiger partial charge is 0.457 e. The summed E-state index contributed by atoms with van der Waals surface area (Å²) in [6.45, 7) is 4.57. The van der Waals surface area contributed by atoms with Crippen LogP contribution in [-0.4, -0.2) is 42.1 Å². The second-order valence-corrected chi connectivity index (χ2v) is 6.69. The molecular formula is C21H20N2O4. The molecule has 1 aliphatic carbocycles. The zero-order chi connectivity index (χ0) is 19.6. The van der Waals surface area contributed by atoms with Crippen molar-refractivity contribution in [3.63, 3.8) is 0 Å². The average Bonchev–Trinajstić information content (AvgIpc) is 3.21. The zero-order valence-electron chi connectivity index (χ0n) is 15.4. The van der Waals surface area contributed by atoms with E-state index in [9.17, 15) is 14.4 Å². The first-order valence-electron chi connectivity index (χ1n) is 8.86. The van der Waals surface area contributed by atoms with Crippen LogP contribution in [0.1, 0.15) is 42.6 Å². The number of benzene rings is 1. The Kier molecular flexibility index (Phi) is 5.22. The maximum absolute atomic E-state index is 12.8. The highest BCUT2D eigenvalue weighted by atomic mass is 16.5.